The fourth-order valence-electron chi connectivity index (χ4n) is 2.25. The molecule has 0 saturated heterocycles. The van der Waals surface area contributed by atoms with E-state index in [2.05, 4.69) is 12.1 Å². The molecule has 2 aromatic rings. The number of ether oxygens (including phenoxy) is 2. The summed E-state index contributed by atoms with van der Waals surface area (Å²) >= 11 is 0. The summed E-state index contributed by atoms with van der Waals surface area (Å²) in [7, 11) is 1.66. The van der Waals surface area contributed by atoms with Gasteiger partial charge in [0.25, 0.3) is 0 Å². The second-order valence-electron chi connectivity index (χ2n) is 5.37. The van der Waals surface area contributed by atoms with Crippen molar-refractivity contribution in [1.29, 1.82) is 0 Å². The van der Waals surface area contributed by atoms with Gasteiger partial charge in [0.1, 0.15) is 5.75 Å². The first kappa shape index (κ1) is 16.5. The zero-order valence-corrected chi connectivity index (χ0v) is 13.1. The molecule has 0 spiro atoms. The zero-order valence-electron chi connectivity index (χ0n) is 13.1. The fourth-order valence-corrected chi connectivity index (χ4v) is 2.25. The third-order valence-electron chi connectivity index (χ3n) is 3.63. The van der Waals surface area contributed by atoms with Crippen LogP contribution in [0.1, 0.15) is 24.0 Å². The van der Waals surface area contributed by atoms with Gasteiger partial charge in [-0.3, -0.25) is 0 Å². The van der Waals surface area contributed by atoms with E-state index in [1.54, 1.807) is 7.11 Å². The molecule has 1 N–H and O–H groups in total. The van der Waals surface area contributed by atoms with Crippen molar-refractivity contribution >= 4 is 0 Å². The van der Waals surface area contributed by atoms with Crippen molar-refractivity contribution in [1.82, 2.24) is 0 Å². The SMILES string of the molecule is COc1ccc(COCC[C@@H](O)CCc2ccccc2)cc1. The van der Waals surface area contributed by atoms with Gasteiger partial charge in [0.05, 0.1) is 19.8 Å². The van der Waals surface area contributed by atoms with Crippen LogP contribution in [0.3, 0.4) is 0 Å². The molecule has 0 heterocycles. The summed E-state index contributed by atoms with van der Waals surface area (Å²) in [4.78, 5) is 0. The van der Waals surface area contributed by atoms with Gasteiger partial charge in [-0.15, -0.1) is 0 Å². The minimum Gasteiger partial charge on any atom is -0.497 e. The molecular formula is C19H24O3. The van der Waals surface area contributed by atoms with E-state index in [0.29, 0.717) is 19.6 Å². The second kappa shape index (κ2) is 9.23. The highest BCUT2D eigenvalue weighted by molar-refractivity contribution is 5.26. The van der Waals surface area contributed by atoms with Crippen LogP contribution in [0.15, 0.2) is 54.6 Å². The van der Waals surface area contributed by atoms with E-state index in [1.165, 1.54) is 5.56 Å². The summed E-state index contributed by atoms with van der Waals surface area (Å²) in [6, 6.07) is 18.1. The lowest BCUT2D eigenvalue weighted by molar-refractivity contribution is 0.0702. The Bertz CT molecular complexity index is 522. The van der Waals surface area contributed by atoms with E-state index in [0.717, 1.165) is 24.2 Å². The van der Waals surface area contributed by atoms with Crippen LogP contribution in [-0.2, 0) is 17.8 Å². The van der Waals surface area contributed by atoms with Gasteiger partial charge in [-0.1, -0.05) is 42.5 Å². The van der Waals surface area contributed by atoms with E-state index >= 15 is 0 Å². The predicted molar refractivity (Wildman–Crippen MR) is 88.0 cm³/mol. The van der Waals surface area contributed by atoms with Gasteiger partial charge in [0, 0.05) is 6.61 Å². The molecule has 0 fully saturated rings. The average Bonchev–Trinajstić information content (AvgIpc) is 2.58. The number of aliphatic hydroxyl groups is 1. The summed E-state index contributed by atoms with van der Waals surface area (Å²) < 4.78 is 10.7. The van der Waals surface area contributed by atoms with Crippen LogP contribution < -0.4 is 4.74 Å². The molecule has 0 aliphatic carbocycles. The van der Waals surface area contributed by atoms with Crippen molar-refractivity contribution in [3.63, 3.8) is 0 Å². The number of hydrogen-bond acceptors (Lipinski definition) is 3. The fraction of sp³-hybridized carbons (Fsp3) is 0.368. The summed E-state index contributed by atoms with van der Waals surface area (Å²) in [5.74, 6) is 0.847. The van der Waals surface area contributed by atoms with Gasteiger partial charge < -0.3 is 14.6 Å². The third kappa shape index (κ3) is 5.88. The van der Waals surface area contributed by atoms with Gasteiger partial charge in [0.15, 0.2) is 0 Å². The molecule has 0 radical (unpaired) electrons. The third-order valence-corrected chi connectivity index (χ3v) is 3.63. The first-order chi connectivity index (χ1) is 10.8. The molecule has 3 nitrogen and oxygen atoms in total. The number of benzene rings is 2. The first-order valence-corrected chi connectivity index (χ1v) is 7.70. The predicted octanol–water partition coefficient (Wildman–Crippen LogP) is 3.60. The van der Waals surface area contributed by atoms with Crippen molar-refractivity contribution in [2.75, 3.05) is 13.7 Å². The van der Waals surface area contributed by atoms with E-state index in [1.807, 2.05) is 42.5 Å². The van der Waals surface area contributed by atoms with E-state index in [4.69, 9.17) is 9.47 Å². The lowest BCUT2D eigenvalue weighted by Gasteiger charge is -2.11. The smallest absolute Gasteiger partial charge is 0.118 e. The maximum absolute atomic E-state index is 9.98. The zero-order chi connectivity index (χ0) is 15.6. The molecule has 0 amide bonds. The highest BCUT2D eigenvalue weighted by Crippen LogP contribution is 2.12. The van der Waals surface area contributed by atoms with E-state index in [9.17, 15) is 5.11 Å². The number of aryl methyl sites for hydroxylation is 1. The Hall–Kier alpha value is -1.84. The summed E-state index contributed by atoms with van der Waals surface area (Å²) in [5.41, 5.74) is 2.38. The van der Waals surface area contributed by atoms with Crippen LogP contribution in [0.5, 0.6) is 5.75 Å². The lowest BCUT2D eigenvalue weighted by Crippen LogP contribution is -2.11. The first-order valence-electron chi connectivity index (χ1n) is 7.70. The van der Waals surface area contributed by atoms with Gasteiger partial charge in [-0.2, -0.15) is 0 Å². The highest BCUT2D eigenvalue weighted by Gasteiger charge is 2.05. The standard InChI is InChI=1S/C19H24O3/c1-21-19-11-8-17(9-12-19)15-22-14-13-18(20)10-7-16-5-3-2-4-6-16/h2-6,8-9,11-12,18,20H,7,10,13-15H2,1H3/t18-/m0/s1. The molecule has 1 atom stereocenters. The molecule has 0 saturated carbocycles. The van der Waals surface area contributed by atoms with Crippen molar-refractivity contribution < 1.29 is 14.6 Å². The normalized spacial score (nSPS) is 12.1. The monoisotopic (exact) mass is 300 g/mol. The Balaban J connectivity index is 1.59. The molecule has 0 bridgehead atoms. The van der Waals surface area contributed by atoms with Crippen molar-refractivity contribution in [3.8, 4) is 5.75 Å². The number of methoxy groups -OCH3 is 1. The maximum Gasteiger partial charge on any atom is 0.118 e. The largest absolute Gasteiger partial charge is 0.497 e. The van der Waals surface area contributed by atoms with Crippen LogP contribution in [0.25, 0.3) is 0 Å². The molecule has 2 aromatic carbocycles. The minimum atomic E-state index is -0.309. The molecule has 0 aromatic heterocycles. The summed E-state index contributed by atoms with van der Waals surface area (Å²) in [5, 5.41) is 9.98. The maximum atomic E-state index is 9.98. The summed E-state index contributed by atoms with van der Waals surface area (Å²) in [6.07, 6.45) is 2.04. The number of hydrogen-bond donors (Lipinski definition) is 1. The van der Waals surface area contributed by atoms with E-state index < -0.39 is 0 Å². The molecular weight excluding hydrogens is 276 g/mol. The highest BCUT2D eigenvalue weighted by atomic mass is 16.5. The van der Waals surface area contributed by atoms with Gasteiger partial charge in [0.2, 0.25) is 0 Å². The average molecular weight is 300 g/mol. The van der Waals surface area contributed by atoms with Crippen LogP contribution in [0, 0.1) is 0 Å². The lowest BCUT2D eigenvalue weighted by atomic mass is 10.1. The molecule has 3 heteroatoms. The van der Waals surface area contributed by atoms with Crippen LogP contribution in [0.4, 0.5) is 0 Å². The quantitative estimate of drug-likeness (QED) is 0.719. The van der Waals surface area contributed by atoms with Gasteiger partial charge in [-0.05, 0) is 42.5 Å². The van der Waals surface area contributed by atoms with E-state index in [-0.39, 0.29) is 6.10 Å². The summed E-state index contributed by atoms with van der Waals surface area (Å²) in [6.45, 7) is 1.14. The van der Waals surface area contributed by atoms with Gasteiger partial charge in [-0.25, -0.2) is 0 Å². The van der Waals surface area contributed by atoms with Crippen molar-refractivity contribution in [3.05, 3.63) is 65.7 Å². The minimum absolute atomic E-state index is 0.309. The molecule has 118 valence electrons. The molecule has 22 heavy (non-hydrogen) atoms. The molecule has 0 aliphatic heterocycles. The molecule has 0 unspecified atom stereocenters. The Morgan fingerprint density at radius 1 is 0.909 bits per heavy atom. The Morgan fingerprint density at radius 2 is 1.64 bits per heavy atom. The Labute approximate surface area is 132 Å². The van der Waals surface area contributed by atoms with Crippen LogP contribution in [0.2, 0.25) is 0 Å². The Morgan fingerprint density at radius 3 is 2.32 bits per heavy atom. The van der Waals surface area contributed by atoms with Crippen LogP contribution >= 0.6 is 0 Å². The Kier molecular flexibility index (Phi) is 6.94. The van der Waals surface area contributed by atoms with Crippen molar-refractivity contribution in [2.24, 2.45) is 0 Å². The van der Waals surface area contributed by atoms with Crippen LogP contribution in [-0.4, -0.2) is 24.9 Å². The molecule has 0 aliphatic rings. The molecule has 2 rings (SSSR count). The number of rotatable bonds is 9. The van der Waals surface area contributed by atoms with Crippen molar-refractivity contribution in [2.45, 2.75) is 32.0 Å². The van der Waals surface area contributed by atoms with Gasteiger partial charge >= 0.3 is 0 Å². The topological polar surface area (TPSA) is 38.7 Å². The number of aliphatic hydroxyl groups excluding tert-OH is 1. The second-order valence-corrected chi connectivity index (χ2v) is 5.37.